The number of hydrogen-bond acceptors (Lipinski definition) is 6. The third-order valence-corrected chi connectivity index (χ3v) is 6.27. The van der Waals surface area contributed by atoms with Gasteiger partial charge in [0.2, 0.25) is 0 Å². The Labute approximate surface area is 157 Å². The molecule has 1 aliphatic heterocycles. The van der Waals surface area contributed by atoms with E-state index >= 15 is 0 Å². The van der Waals surface area contributed by atoms with Crippen molar-refractivity contribution in [1.29, 1.82) is 0 Å². The van der Waals surface area contributed by atoms with Crippen LogP contribution < -0.4 is 5.32 Å². The SMILES string of the molecule is O=C(N[C@@H]1CCN(Cc2nc3c(s2)CCCC3)C[C@H]1O)c1ccccn1. The number of thiazole rings is 1. The number of carbonyl (C=O) groups excluding carboxylic acids is 1. The van der Waals surface area contributed by atoms with E-state index in [1.807, 2.05) is 11.3 Å². The molecule has 2 aliphatic rings. The van der Waals surface area contributed by atoms with Gasteiger partial charge in [0.05, 0.1) is 24.4 Å². The predicted molar refractivity (Wildman–Crippen MR) is 100 cm³/mol. The number of β-amino-alcohol motifs (C(OH)–C–C–N with tert-alkyl or cyclic N) is 1. The second-order valence-corrected chi connectivity index (χ2v) is 8.24. The molecule has 1 aliphatic carbocycles. The molecule has 138 valence electrons. The monoisotopic (exact) mass is 372 g/mol. The number of hydrogen-bond donors (Lipinski definition) is 2. The first-order valence-corrected chi connectivity index (χ1v) is 10.1. The van der Waals surface area contributed by atoms with Crippen LogP contribution in [0.3, 0.4) is 0 Å². The van der Waals surface area contributed by atoms with E-state index in [9.17, 15) is 9.90 Å². The zero-order valence-corrected chi connectivity index (χ0v) is 15.5. The van der Waals surface area contributed by atoms with Crippen molar-refractivity contribution in [3.8, 4) is 0 Å². The molecule has 0 unspecified atom stereocenters. The summed E-state index contributed by atoms with van der Waals surface area (Å²) in [5.41, 5.74) is 1.67. The van der Waals surface area contributed by atoms with Gasteiger partial charge in [-0.1, -0.05) is 6.07 Å². The smallest absolute Gasteiger partial charge is 0.270 e. The van der Waals surface area contributed by atoms with Gasteiger partial charge in [0.15, 0.2) is 0 Å². The summed E-state index contributed by atoms with van der Waals surface area (Å²) in [6.07, 6.45) is 6.54. The number of nitrogens with one attached hydrogen (secondary N) is 1. The second-order valence-electron chi connectivity index (χ2n) is 7.07. The Hall–Kier alpha value is -1.83. The zero-order valence-electron chi connectivity index (χ0n) is 14.7. The van der Waals surface area contributed by atoms with Gasteiger partial charge >= 0.3 is 0 Å². The quantitative estimate of drug-likeness (QED) is 0.855. The van der Waals surface area contributed by atoms with E-state index in [2.05, 4.69) is 15.2 Å². The zero-order chi connectivity index (χ0) is 17.9. The minimum atomic E-state index is -0.578. The summed E-state index contributed by atoms with van der Waals surface area (Å²) < 4.78 is 0. The van der Waals surface area contributed by atoms with Crippen LogP contribution in [0.5, 0.6) is 0 Å². The average molecular weight is 372 g/mol. The van der Waals surface area contributed by atoms with Crippen LogP contribution in [0.1, 0.15) is 45.3 Å². The van der Waals surface area contributed by atoms with Gasteiger partial charge in [0.1, 0.15) is 10.7 Å². The number of pyridine rings is 1. The number of aromatic nitrogens is 2. The van der Waals surface area contributed by atoms with E-state index in [1.54, 1.807) is 24.4 Å². The molecule has 1 amide bonds. The highest BCUT2D eigenvalue weighted by Gasteiger charge is 2.30. The number of rotatable bonds is 4. The van der Waals surface area contributed by atoms with Crippen molar-refractivity contribution in [1.82, 2.24) is 20.2 Å². The van der Waals surface area contributed by atoms with E-state index in [4.69, 9.17) is 4.98 Å². The molecule has 7 heteroatoms. The van der Waals surface area contributed by atoms with Gasteiger partial charge in [-0.15, -0.1) is 11.3 Å². The van der Waals surface area contributed by atoms with Crippen LogP contribution in [0, 0.1) is 0 Å². The lowest BCUT2D eigenvalue weighted by Gasteiger charge is -2.35. The number of fused-ring (bicyclic) bond motifs is 1. The molecule has 1 saturated heterocycles. The minimum absolute atomic E-state index is 0.226. The Kier molecular flexibility index (Phi) is 5.28. The molecule has 6 nitrogen and oxygen atoms in total. The van der Waals surface area contributed by atoms with E-state index < -0.39 is 6.10 Å². The van der Waals surface area contributed by atoms with Crippen LogP contribution in [-0.2, 0) is 19.4 Å². The van der Waals surface area contributed by atoms with Crippen molar-refractivity contribution in [3.63, 3.8) is 0 Å². The maximum Gasteiger partial charge on any atom is 0.270 e. The molecule has 1 fully saturated rings. The van der Waals surface area contributed by atoms with Crippen molar-refractivity contribution < 1.29 is 9.90 Å². The summed E-state index contributed by atoms with van der Waals surface area (Å²) in [6.45, 7) is 2.18. The summed E-state index contributed by atoms with van der Waals surface area (Å²) in [5.74, 6) is -0.226. The Morgan fingerprint density at radius 1 is 1.35 bits per heavy atom. The first-order chi connectivity index (χ1) is 12.7. The Morgan fingerprint density at radius 2 is 2.23 bits per heavy atom. The normalized spacial score (nSPS) is 23.4. The van der Waals surface area contributed by atoms with Gasteiger partial charge < -0.3 is 10.4 Å². The molecule has 0 aromatic carbocycles. The average Bonchev–Trinajstić information content (AvgIpc) is 3.07. The molecular weight excluding hydrogens is 348 g/mol. The van der Waals surface area contributed by atoms with Gasteiger partial charge in [-0.2, -0.15) is 0 Å². The molecule has 0 saturated carbocycles. The Bertz CT molecular complexity index is 741. The molecule has 26 heavy (non-hydrogen) atoms. The van der Waals surface area contributed by atoms with Gasteiger partial charge in [0.25, 0.3) is 5.91 Å². The van der Waals surface area contributed by atoms with Crippen molar-refractivity contribution in [2.45, 2.75) is 50.8 Å². The summed E-state index contributed by atoms with van der Waals surface area (Å²) in [6, 6.07) is 5.02. The largest absolute Gasteiger partial charge is 0.390 e. The predicted octanol–water partition coefficient (Wildman–Crippen LogP) is 1.78. The lowest BCUT2D eigenvalue weighted by molar-refractivity contribution is 0.0348. The van der Waals surface area contributed by atoms with Crippen LogP contribution in [0.2, 0.25) is 0 Å². The number of aliphatic hydroxyl groups is 1. The number of likely N-dealkylation sites (tertiary alicyclic amines) is 1. The maximum absolute atomic E-state index is 12.2. The highest BCUT2D eigenvalue weighted by atomic mass is 32.1. The van der Waals surface area contributed by atoms with Crippen LogP contribution in [0.25, 0.3) is 0 Å². The standard InChI is InChI=1S/C19H24N4O2S/c24-16-11-23(12-18-21-14-5-1-2-7-17(14)26-18)10-8-13(16)22-19(25)15-6-3-4-9-20-15/h3-4,6,9,13,16,24H,1-2,5,7-8,10-12H2,(H,22,25)/t13-,16-/m1/s1. The fourth-order valence-corrected chi connectivity index (χ4v) is 4.91. The maximum atomic E-state index is 12.2. The topological polar surface area (TPSA) is 78.4 Å². The van der Waals surface area contributed by atoms with Crippen molar-refractivity contribution in [3.05, 3.63) is 45.7 Å². The number of nitrogens with zero attached hydrogens (tertiary/aromatic N) is 3. The van der Waals surface area contributed by atoms with E-state index in [0.717, 1.165) is 37.4 Å². The van der Waals surface area contributed by atoms with E-state index in [-0.39, 0.29) is 11.9 Å². The van der Waals surface area contributed by atoms with Crippen LogP contribution >= 0.6 is 11.3 Å². The summed E-state index contributed by atoms with van der Waals surface area (Å²) >= 11 is 1.83. The van der Waals surface area contributed by atoms with Crippen LogP contribution in [0.4, 0.5) is 0 Å². The first-order valence-electron chi connectivity index (χ1n) is 9.29. The van der Waals surface area contributed by atoms with Gasteiger partial charge in [0, 0.05) is 24.2 Å². The first kappa shape index (κ1) is 17.6. The fourth-order valence-electron chi connectivity index (χ4n) is 3.71. The van der Waals surface area contributed by atoms with Crippen molar-refractivity contribution >= 4 is 17.2 Å². The molecule has 0 bridgehead atoms. The molecule has 0 spiro atoms. The van der Waals surface area contributed by atoms with Crippen molar-refractivity contribution in [2.24, 2.45) is 0 Å². The summed E-state index contributed by atoms with van der Waals surface area (Å²) in [5, 5.41) is 14.6. The number of piperidine rings is 1. The van der Waals surface area contributed by atoms with Gasteiger partial charge in [-0.05, 0) is 44.2 Å². The number of amides is 1. The number of aliphatic hydroxyl groups excluding tert-OH is 1. The molecule has 2 aromatic heterocycles. The molecular formula is C19H24N4O2S. The Morgan fingerprint density at radius 3 is 3.00 bits per heavy atom. The molecule has 2 atom stereocenters. The van der Waals surface area contributed by atoms with Crippen LogP contribution in [0.15, 0.2) is 24.4 Å². The number of carbonyl (C=O) groups is 1. The van der Waals surface area contributed by atoms with Crippen molar-refractivity contribution in [2.75, 3.05) is 13.1 Å². The second kappa shape index (κ2) is 7.82. The van der Waals surface area contributed by atoms with E-state index in [0.29, 0.717) is 12.2 Å². The lowest BCUT2D eigenvalue weighted by Crippen LogP contribution is -2.53. The third kappa shape index (κ3) is 3.95. The third-order valence-electron chi connectivity index (χ3n) is 5.13. The minimum Gasteiger partial charge on any atom is -0.390 e. The summed E-state index contributed by atoms with van der Waals surface area (Å²) in [7, 11) is 0. The molecule has 3 heterocycles. The summed E-state index contributed by atoms with van der Waals surface area (Å²) in [4.78, 5) is 24.8. The van der Waals surface area contributed by atoms with Crippen LogP contribution in [-0.4, -0.2) is 51.1 Å². The molecule has 4 rings (SSSR count). The fraction of sp³-hybridized carbons (Fsp3) is 0.526. The molecule has 2 aromatic rings. The highest BCUT2D eigenvalue weighted by molar-refractivity contribution is 7.11. The van der Waals surface area contributed by atoms with E-state index in [1.165, 1.54) is 23.4 Å². The van der Waals surface area contributed by atoms with Gasteiger partial charge in [-0.3, -0.25) is 14.7 Å². The molecule has 2 N–H and O–H groups in total. The lowest BCUT2D eigenvalue weighted by atomic mass is 10.0. The molecule has 0 radical (unpaired) electrons. The van der Waals surface area contributed by atoms with Gasteiger partial charge in [-0.25, -0.2) is 4.98 Å². The Balaban J connectivity index is 1.32. The highest BCUT2D eigenvalue weighted by Crippen LogP contribution is 2.28. The number of aryl methyl sites for hydroxylation is 2.